The molecule has 0 aliphatic heterocycles. The maximum Gasteiger partial charge on any atom is 0.323 e. The van der Waals surface area contributed by atoms with Crippen LogP contribution >= 0.6 is 0 Å². The highest BCUT2D eigenvalue weighted by Gasteiger charge is 2.47. The van der Waals surface area contributed by atoms with E-state index in [0.717, 1.165) is 38.5 Å². The summed E-state index contributed by atoms with van der Waals surface area (Å²) in [5.41, 5.74) is 11.6. The number of hydrogen-bond donors (Lipinski definition) is 3. The summed E-state index contributed by atoms with van der Waals surface area (Å²) in [6, 6.07) is 15.6. The van der Waals surface area contributed by atoms with Gasteiger partial charge in [-0.1, -0.05) is 61.6 Å². The maximum absolute atomic E-state index is 11.8. The van der Waals surface area contributed by atoms with Gasteiger partial charge in [-0.3, -0.25) is 4.79 Å². The van der Waals surface area contributed by atoms with Crippen molar-refractivity contribution in [3.05, 3.63) is 59.2 Å². The van der Waals surface area contributed by atoms with Gasteiger partial charge in [-0.25, -0.2) is 0 Å². The van der Waals surface area contributed by atoms with Crippen molar-refractivity contribution in [1.82, 2.24) is 5.32 Å². The second kappa shape index (κ2) is 9.80. The van der Waals surface area contributed by atoms with E-state index in [4.69, 9.17) is 5.73 Å². The molecule has 5 heteroatoms. The molecule has 2 aromatic carbocycles. The van der Waals surface area contributed by atoms with Gasteiger partial charge in [0.1, 0.15) is 13.4 Å². The molecule has 30 heavy (non-hydrogen) atoms. The van der Waals surface area contributed by atoms with Crippen LogP contribution in [0.3, 0.4) is 0 Å². The SMILES string of the molecule is BCCCCC(N)(C(=O)O)[C@H]1C[C@@H](NCc2ccc(-c3ccc(C)c(C)c3)cc2)C1. The smallest absolute Gasteiger partial charge is 0.323 e. The zero-order valence-corrected chi connectivity index (χ0v) is 18.6. The van der Waals surface area contributed by atoms with Crippen LogP contribution in [0.2, 0.25) is 6.32 Å². The van der Waals surface area contributed by atoms with Crippen molar-refractivity contribution in [2.45, 2.75) is 70.4 Å². The average Bonchev–Trinajstić information content (AvgIpc) is 2.69. The Bertz CT molecular complexity index is 862. The molecule has 0 heterocycles. The fraction of sp³-hybridized carbons (Fsp3) is 0.480. The molecule has 2 aromatic rings. The Kier molecular flexibility index (Phi) is 7.38. The lowest BCUT2D eigenvalue weighted by molar-refractivity contribution is -0.148. The van der Waals surface area contributed by atoms with E-state index in [0.29, 0.717) is 12.5 Å². The second-order valence-electron chi connectivity index (χ2n) is 9.04. The number of aliphatic carboxylic acids is 1. The van der Waals surface area contributed by atoms with Gasteiger partial charge in [-0.05, 0) is 66.8 Å². The van der Waals surface area contributed by atoms with Crippen LogP contribution in [0.4, 0.5) is 0 Å². The number of nitrogens with two attached hydrogens (primary N) is 1. The third-order valence-corrected chi connectivity index (χ3v) is 6.85. The standard InChI is InChI=1S/C25H35BN2O2/c1-17-5-8-21(13-18(17)2)20-9-6-19(7-10-20)16-28-23-14-22(15-23)25(27,24(29)30)11-3-4-12-26/h5-10,13,22-23,28H,3-4,11-12,14-16,26-27H2,1-2H3,(H,29,30)/t22-,23+,25?. The summed E-state index contributed by atoms with van der Waals surface area (Å²) >= 11 is 0. The Morgan fingerprint density at radius 2 is 1.77 bits per heavy atom. The third kappa shape index (κ3) is 5.14. The van der Waals surface area contributed by atoms with Crippen LogP contribution in [0.5, 0.6) is 0 Å². The van der Waals surface area contributed by atoms with Crippen LogP contribution in [0, 0.1) is 19.8 Å². The van der Waals surface area contributed by atoms with Crippen molar-refractivity contribution < 1.29 is 9.90 Å². The highest BCUT2D eigenvalue weighted by molar-refractivity contribution is 6.08. The number of unbranched alkanes of at least 4 members (excludes halogenated alkanes) is 1. The molecule has 4 N–H and O–H groups in total. The number of rotatable bonds is 10. The predicted molar refractivity (Wildman–Crippen MR) is 126 cm³/mol. The summed E-state index contributed by atoms with van der Waals surface area (Å²) in [7, 11) is 2.12. The molecular formula is C25H35BN2O2. The first-order valence-electron chi connectivity index (χ1n) is 11.3. The van der Waals surface area contributed by atoms with Gasteiger partial charge in [0, 0.05) is 12.6 Å². The van der Waals surface area contributed by atoms with Gasteiger partial charge in [-0.15, -0.1) is 0 Å². The molecule has 1 aliphatic rings. The summed E-state index contributed by atoms with van der Waals surface area (Å²) in [5, 5.41) is 13.2. The minimum Gasteiger partial charge on any atom is -0.480 e. The second-order valence-corrected chi connectivity index (χ2v) is 9.04. The van der Waals surface area contributed by atoms with Crippen molar-refractivity contribution in [1.29, 1.82) is 0 Å². The third-order valence-electron chi connectivity index (χ3n) is 6.85. The Balaban J connectivity index is 1.50. The minimum absolute atomic E-state index is 0.0662. The first kappa shape index (κ1) is 22.6. The van der Waals surface area contributed by atoms with E-state index in [2.05, 4.69) is 69.5 Å². The number of aryl methyl sites for hydroxylation is 2. The van der Waals surface area contributed by atoms with Gasteiger partial charge in [0.15, 0.2) is 0 Å². The van der Waals surface area contributed by atoms with E-state index >= 15 is 0 Å². The molecule has 160 valence electrons. The van der Waals surface area contributed by atoms with Crippen molar-refractivity contribution in [2.24, 2.45) is 11.7 Å². The quantitative estimate of drug-likeness (QED) is 0.414. The molecule has 3 rings (SSSR count). The van der Waals surface area contributed by atoms with E-state index in [9.17, 15) is 9.90 Å². The van der Waals surface area contributed by atoms with Crippen molar-refractivity contribution >= 4 is 13.8 Å². The highest BCUT2D eigenvalue weighted by atomic mass is 16.4. The fourth-order valence-electron chi connectivity index (χ4n) is 4.36. The fourth-order valence-corrected chi connectivity index (χ4v) is 4.36. The first-order chi connectivity index (χ1) is 14.3. The van der Waals surface area contributed by atoms with E-state index in [1.165, 1.54) is 27.8 Å². The van der Waals surface area contributed by atoms with Crippen LogP contribution < -0.4 is 11.1 Å². The van der Waals surface area contributed by atoms with Gasteiger partial charge in [-0.2, -0.15) is 0 Å². The normalized spacial score (nSPS) is 20.4. The zero-order valence-electron chi connectivity index (χ0n) is 18.6. The van der Waals surface area contributed by atoms with E-state index < -0.39 is 11.5 Å². The van der Waals surface area contributed by atoms with Crippen LogP contribution in [0.1, 0.15) is 48.8 Å². The molecule has 0 amide bonds. The monoisotopic (exact) mass is 406 g/mol. The molecule has 0 radical (unpaired) electrons. The summed E-state index contributed by atoms with van der Waals surface area (Å²) < 4.78 is 0. The summed E-state index contributed by atoms with van der Waals surface area (Å²) in [4.78, 5) is 11.8. The largest absolute Gasteiger partial charge is 0.480 e. The molecule has 1 unspecified atom stereocenters. The topological polar surface area (TPSA) is 75.4 Å². The van der Waals surface area contributed by atoms with Crippen LogP contribution in [0.15, 0.2) is 42.5 Å². The van der Waals surface area contributed by atoms with Gasteiger partial charge in [0.05, 0.1) is 0 Å². The lowest BCUT2D eigenvalue weighted by atomic mass is 9.66. The number of carboxylic acids is 1. The number of hydrogen-bond acceptors (Lipinski definition) is 3. The van der Waals surface area contributed by atoms with Gasteiger partial charge in [0.2, 0.25) is 0 Å². The molecule has 0 aromatic heterocycles. The Hall–Kier alpha value is -2.11. The molecular weight excluding hydrogens is 371 g/mol. The van der Waals surface area contributed by atoms with Crippen molar-refractivity contribution in [3.63, 3.8) is 0 Å². The number of nitrogens with one attached hydrogen (secondary N) is 1. The van der Waals surface area contributed by atoms with Gasteiger partial charge < -0.3 is 16.2 Å². The molecule has 1 saturated carbocycles. The van der Waals surface area contributed by atoms with E-state index in [1.807, 2.05) is 0 Å². The molecule has 1 aliphatic carbocycles. The minimum atomic E-state index is -1.07. The Morgan fingerprint density at radius 1 is 1.10 bits per heavy atom. The van der Waals surface area contributed by atoms with Crippen LogP contribution in [-0.2, 0) is 11.3 Å². The molecule has 1 fully saturated rings. The number of carbonyl (C=O) groups is 1. The lowest BCUT2D eigenvalue weighted by Gasteiger charge is -2.45. The molecule has 0 saturated heterocycles. The number of carboxylic acid groups (broad SMARTS) is 1. The van der Waals surface area contributed by atoms with Crippen LogP contribution in [-0.4, -0.2) is 30.5 Å². The Labute approximate surface area is 181 Å². The maximum atomic E-state index is 11.8. The zero-order chi connectivity index (χ0) is 21.7. The molecule has 0 spiro atoms. The van der Waals surface area contributed by atoms with Crippen LogP contribution in [0.25, 0.3) is 11.1 Å². The van der Waals surface area contributed by atoms with Crippen molar-refractivity contribution in [3.8, 4) is 11.1 Å². The Morgan fingerprint density at radius 3 is 2.37 bits per heavy atom. The summed E-state index contributed by atoms with van der Waals surface area (Å²) in [5.74, 6) is -0.777. The van der Waals surface area contributed by atoms with E-state index in [1.54, 1.807) is 0 Å². The van der Waals surface area contributed by atoms with E-state index in [-0.39, 0.29) is 5.92 Å². The molecule has 4 nitrogen and oxygen atoms in total. The van der Waals surface area contributed by atoms with Crippen molar-refractivity contribution in [2.75, 3.05) is 0 Å². The predicted octanol–water partition coefficient (Wildman–Crippen LogP) is 3.84. The lowest BCUT2D eigenvalue weighted by Crippen LogP contribution is -2.60. The highest BCUT2D eigenvalue weighted by Crippen LogP contribution is 2.38. The molecule has 0 bridgehead atoms. The molecule has 1 atom stereocenters. The first-order valence-corrected chi connectivity index (χ1v) is 11.3. The summed E-state index contributed by atoms with van der Waals surface area (Å²) in [6.45, 7) is 5.08. The van der Waals surface area contributed by atoms with Gasteiger partial charge >= 0.3 is 5.97 Å². The summed E-state index contributed by atoms with van der Waals surface area (Å²) in [6.07, 6.45) is 5.27. The van der Waals surface area contributed by atoms with Gasteiger partial charge in [0.25, 0.3) is 0 Å². The average molecular weight is 406 g/mol. The number of benzene rings is 2.